The number of terminal acetylenes is 1. The van der Waals surface area contributed by atoms with Crippen LogP contribution in [0.4, 0.5) is 5.69 Å². The number of ether oxygens (including phenoxy) is 3. The monoisotopic (exact) mass is 345 g/mol. The molecule has 1 rings (SSSR count). The van der Waals surface area contributed by atoms with Crippen molar-refractivity contribution >= 4 is 23.8 Å². The van der Waals surface area contributed by atoms with Crippen molar-refractivity contribution in [3.63, 3.8) is 0 Å². The van der Waals surface area contributed by atoms with Gasteiger partial charge in [-0.1, -0.05) is 0 Å². The van der Waals surface area contributed by atoms with Crippen LogP contribution in [0.3, 0.4) is 0 Å². The number of carbonyl (C=O) groups excluding carboxylic acids is 2. The summed E-state index contributed by atoms with van der Waals surface area (Å²) in [6.07, 6.45) is 6.71. The molecule has 25 heavy (non-hydrogen) atoms. The van der Waals surface area contributed by atoms with Crippen LogP contribution in [0.1, 0.15) is 26.7 Å². The molecule has 0 fully saturated rings. The number of methoxy groups -OCH3 is 1. The van der Waals surface area contributed by atoms with Gasteiger partial charge in [-0.15, -0.1) is 12.3 Å². The Balaban J connectivity index is 3.04. The molecule has 6 heteroatoms. The van der Waals surface area contributed by atoms with E-state index in [1.165, 1.54) is 6.21 Å². The molecule has 6 nitrogen and oxygen atoms in total. The van der Waals surface area contributed by atoms with E-state index in [-0.39, 0.29) is 26.1 Å². The predicted octanol–water partition coefficient (Wildman–Crippen LogP) is 2.92. The quantitative estimate of drug-likeness (QED) is 0.298. The van der Waals surface area contributed by atoms with E-state index in [2.05, 4.69) is 10.9 Å². The Bertz CT molecular complexity index is 625. The number of rotatable bonds is 9. The van der Waals surface area contributed by atoms with Crippen LogP contribution in [-0.2, 0) is 19.1 Å². The molecule has 0 aliphatic heterocycles. The van der Waals surface area contributed by atoms with Crippen molar-refractivity contribution < 1.29 is 23.8 Å². The number of benzene rings is 1. The molecule has 0 aliphatic rings. The Labute approximate surface area is 148 Å². The molecule has 0 N–H and O–H groups in total. The minimum absolute atomic E-state index is 0.0130. The first-order valence-electron chi connectivity index (χ1n) is 7.98. The van der Waals surface area contributed by atoms with Crippen molar-refractivity contribution in [3.05, 3.63) is 24.3 Å². The van der Waals surface area contributed by atoms with Gasteiger partial charge in [0.05, 0.1) is 26.0 Å². The van der Waals surface area contributed by atoms with E-state index in [4.69, 9.17) is 20.6 Å². The largest absolute Gasteiger partial charge is 0.497 e. The molecule has 0 amide bonds. The molecule has 0 aromatic heterocycles. The maximum atomic E-state index is 12.4. The van der Waals surface area contributed by atoms with Gasteiger partial charge in [-0.25, -0.2) is 0 Å². The minimum Gasteiger partial charge on any atom is -0.497 e. The molecule has 1 aromatic carbocycles. The number of hydrogen-bond acceptors (Lipinski definition) is 6. The lowest BCUT2D eigenvalue weighted by Gasteiger charge is -2.25. The molecule has 1 aromatic rings. The molecule has 0 bridgehead atoms. The molecule has 0 saturated carbocycles. The maximum Gasteiger partial charge on any atom is 0.324 e. The van der Waals surface area contributed by atoms with E-state index < -0.39 is 17.4 Å². The molecule has 0 heterocycles. The molecule has 0 unspecified atom stereocenters. The molecule has 134 valence electrons. The molecule has 0 radical (unpaired) electrons. The van der Waals surface area contributed by atoms with Crippen LogP contribution in [0.25, 0.3) is 0 Å². The van der Waals surface area contributed by atoms with Gasteiger partial charge in [0.2, 0.25) is 0 Å². The van der Waals surface area contributed by atoms with Gasteiger partial charge in [0, 0.05) is 19.1 Å². The predicted molar refractivity (Wildman–Crippen MR) is 94.9 cm³/mol. The van der Waals surface area contributed by atoms with Gasteiger partial charge in [-0.05, 0) is 38.1 Å². The van der Waals surface area contributed by atoms with Gasteiger partial charge >= 0.3 is 11.9 Å². The van der Waals surface area contributed by atoms with Gasteiger partial charge in [-0.3, -0.25) is 14.6 Å². The highest BCUT2D eigenvalue weighted by Crippen LogP contribution is 2.30. The fourth-order valence-electron chi connectivity index (χ4n) is 2.15. The number of hydrogen-bond donors (Lipinski definition) is 0. The molecule has 0 atom stereocenters. The van der Waals surface area contributed by atoms with Gasteiger partial charge in [0.1, 0.15) is 5.75 Å². The Morgan fingerprint density at radius 2 is 1.72 bits per heavy atom. The maximum absolute atomic E-state index is 12.4. The third kappa shape index (κ3) is 5.35. The average Bonchev–Trinajstić information content (AvgIpc) is 2.61. The number of carbonyl (C=O) groups is 2. The van der Waals surface area contributed by atoms with Crippen molar-refractivity contribution in [2.45, 2.75) is 26.7 Å². The molecular weight excluding hydrogens is 322 g/mol. The zero-order chi connectivity index (χ0) is 18.7. The van der Waals surface area contributed by atoms with E-state index in [1.54, 1.807) is 45.2 Å². The summed E-state index contributed by atoms with van der Waals surface area (Å²) in [5, 5.41) is 0. The second-order valence-electron chi connectivity index (χ2n) is 5.12. The zero-order valence-corrected chi connectivity index (χ0v) is 14.8. The third-order valence-electron chi connectivity index (χ3n) is 3.49. The normalized spacial score (nSPS) is 11.0. The SMILES string of the molecule is C#CCC(CC=Nc1ccc(OC)cc1)(C(=O)OCC)C(=O)OCC. The van der Waals surface area contributed by atoms with Crippen LogP contribution in [0.15, 0.2) is 29.3 Å². The number of nitrogens with zero attached hydrogens (tertiary/aromatic N) is 1. The Kier molecular flexibility index (Phi) is 8.21. The lowest BCUT2D eigenvalue weighted by atomic mass is 9.81. The average molecular weight is 345 g/mol. The summed E-state index contributed by atoms with van der Waals surface area (Å²) < 4.78 is 15.2. The molecule has 0 spiro atoms. The fraction of sp³-hybridized carbons (Fsp3) is 0.421. The highest BCUT2D eigenvalue weighted by molar-refractivity contribution is 6.02. The smallest absolute Gasteiger partial charge is 0.324 e. The number of aliphatic imine (C=N–C) groups is 1. The van der Waals surface area contributed by atoms with Crippen LogP contribution < -0.4 is 4.74 Å². The summed E-state index contributed by atoms with van der Waals surface area (Å²) in [5.74, 6) is 1.68. The lowest BCUT2D eigenvalue weighted by Crippen LogP contribution is -2.42. The van der Waals surface area contributed by atoms with E-state index in [9.17, 15) is 9.59 Å². The highest BCUT2D eigenvalue weighted by Gasteiger charge is 2.47. The van der Waals surface area contributed by atoms with Crippen LogP contribution in [0.2, 0.25) is 0 Å². The summed E-state index contributed by atoms with van der Waals surface area (Å²) in [5.41, 5.74) is -0.931. The second-order valence-corrected chi connectivity index (χ2v) is 5.12. The minimum atomic E-state index is -1.59. The van der Waals surface area contributed by atoms with Crippen molar-refractivity contribution in [2.75, 3.05) is 20.3 Å². The van der Waals surface area contributed by atoms with Crippen LogP contribution in [0, 0.1) is 17.8 Å². The Morgan fingerprint density at radius 1 is 1.16 bits per heavy atom. The van der Waals surface area contributed by atoms with Gasteiger partial charge in [0.25, 0.3) is 0 Å². The first kappa shape index (κ1) is 20.2. The number of esters is 2. The van der Waals surface area contributed by atoms with Crippen molar-refractivity contribution in [1.29, 1.82) is 0 Å². The van der Waals surface area contributed by atoms with Crippen molar-refractivity contribution in [2.24, 2.45) is 10.4 Å². The van der Waals surface area contributed by atoms with Crippen LogP contribution >= 0.6 is 0 Å². The first-order valence-corrected chi connectivity index (χ1v) is 7.98. The third-order valence-corrected chi connectivity index (χ3v) is 3.49. The van der Waals surface area contributed by atoms with Gasteiger partial charge in [0.15, 0.2) is 5.41 Å². The molecule has 0 saturated heterocycles. The van der Waals surface area contributed by atoms with E-state index in [1.807, 2.05) is 0 Å². The molecule has 0 aliphatic carbocycles. The Morgan fingerprint density at radius 3 is 2.16 bits per heavy atom. The summed E-state index contributed by atoms with van der Waals surface area (Å²) in [6.45, 7) is 3.60. The lowest BCUT2D eigenvalue weighted by molar-refractivity contribution is -0.171. The van der Waals surface area contributed by atoms with Crippen molar-refractivity contribution in [1.82, 2.24) is 0 Å². The van der Waals surface area contributed by atoms with Crippen molar-refractivity contribution in [3.8, 4) is 18.1 Å². The topological polar surface area (TPSA) is 74.2 Å². The van der Waals surface area contributed by atoms with Gasteiger partial charge in [-0.2, -0.15) is 0 Å². The van der Waals surface area contributed by atoms with Gasteiger partial charge < -0.3 is 14.2 Å². The molecular formula is C19H23NO5. The fourth-order valence-corrected chi connectivity index (χ4v) is 2.15. The summed E-state index contributed by atoms with van der Waals surface area (Å²) in [4.78, 5) is 29.1. The van der Waals surface area contributed by atoms with Crippen LogP contribution in [0.5, 0.6) is 5.75 Å². The second kappa shape index (κ2) is 10.1. The Hall–Kier alpha value is -2.81. The summed E-state index contributed by atoms with van der Waals surface area (Å²) in [7, 11) is 1.57. The summed E-state index contributed by atoms with van der Waals surface area (Å²) in [6, 6.07) is 7.04. The highest BCUT2D eigenvalue weighted by atomic mass is 16.6. The van der Waals surface area contributed by atoms with E-state index in [0.717, 1.165) is 0 Å². The summed E-state index contributed by atoms with van der Waals surface area (Å²) >= 11 is 0. The standard InChI is InChI=1S/C19H23NO5/c1-5-12-19(17(21)24-6-2,18(22)25-7-3)13-14-20-15-8-10-16(23-4)11-9-15/h1,8-11,14H,6-7,12-13H2,2-4H3. The van der Waals surface area contributed by atoms with E-state index in [0.29, 0.717) is 11.4 Å². The first-order chi connectivity index (χ1) is 12.0. The van der Waals surface area contributed by atoms with E-state index >= 15 is 0 Å². The zero-order valence-electron chi connectivity index (χ0n) is 14.8. The van der Waals surface area contributed by atoms with Crippen LogP contribution in [-0.4, -0.2) is 38.5 Å².